The zero-order valence-corrected chi connectivity index (χ0v) is 9.99. The molecule has 0 aromatic rings. The van der Waals surface area contributed by atoms with E-state index in [9.17, 15) is 0 Å². The number of thioether (sulfide) groups is 1. The lowest BCUT2D eigenvalue weighted by atomic mass is 10.0. The van der Waals surface area contributed by atoms with Crippen LogP contribution in [0.3, 0.4) is 0 Å². The third-order valence-corrected chi connectivity index (χ3v) is 3.48. The lowest BCUT2D eigenvalue weighted by Gasteiger charge is -2.25. The van der Waals surface area contributed by atoms with Gasteiger partial charge in [-0.15, -0.1) is 0 Å². The van der Waals surface area contributed by atoms with Crippen molar-refractivity contribution in [2.45, 2.75) is 18.9 Å². The molecular weight excluding hydrogens is 198 g/mol. The van der Waals surface area contributed by atoms with Gasteiger partial charge in [0, 0.05) is 39.0 Å². The largest absolute Gasteiger partial charge is 0.378 e. The maximum atomic E-state index is 5.51. The molecule has 1 aliphatic rings. The molecule has 0 aromatic heterocycles. The van der Waals surface area contributed by atoms with Crippen molar-refractivity contribution < 1.29 is 9.47 Å². The zero-order chi connectivity index (χ0) is 10.3. The van der Waals surface area contributed by atoms with Crippen molar-refractivity contribution in [3.8, 4) is 0 Å². The van der Waals surface area contributed by atoms with Gasteiger partial charge in [-0.1, -0.05) is 6.92 Å². The van der Waals surface area contributed by atoms with Gasteiger partial charge in [0.25, 0.3) is 0 Å². The molecule has 1 atom stereocenters. The Morgan fingerprint density at radius 3 is 3.00 bits per heavy atom. The van der Waals surface area contributed by atoms with E-state index in [0.717, 1.165) is 32.7 Å². The van der Waals surface area contributed by atoms with Crippen LogP contribution < -0.4 is 5.32 Å². The zero-order valence-electron chi connectivity index (χ0n) is 9.17. The van der Waals surface area contributed by atoms with Gasteiger partial charge in [-0.05, 0) is 5.75 Å². The number of rotatable bonds is 7. The summed E-state index contributed by atoms with van der Waals surface area (Å²) in [5.74, 6) is 2.37. The van der Waals surface area contributed by atoms with E-state index in [2.05, 4.69) is 12.2 Å². The van der Waals surface area contributed by atoms with Crippen LogP contribution in [0.2, 0.25) is 0 Å². The summed E-state index contributed by atoms with van der Waals surface area (Å²) < 4.78 is 10.9. The van der Waals surface area contributed by atoms with Crippen LogP contribution in [0.25, 0.3) is 0 Å². The molecule has 1 saturated heterocycles. The first kappa shape index (κ1) is 12.3. The van der Waals surface area contributed by atoms with E-state index in [0.29, 0.717) is 0 Å². The van der Waals surface area contributed by atoms with Gasteiger partial charge in [-0.3, -0.25) is 0 Å². The molecule has 0 radical (unpaired) electrons. The number of hydrogen-bond acceptors (Lipinski definition) is 4. The van der Waals surface area contributed by atoms with Gasteiger partial charge in [0.2, 0.25) is 0 Å². The minimum atomic E-state index is -0.0586. The SMILES string of the molecule is CCSCCNCC1(OC)CCOC1. The standard InChI is InChI=1S/C10H21NO2S/c1-3-14-7-5-11-8-10(12-2)4-6-13-9-10/h11H,3-9H2,1-2H3. The average molecular weight is 219 g/mol. The quantitative estimate of drug-likeness (QED) is 0.650. The van der Waals surface area contributed by atoms with Gasteiger partial charge in [0.15, 0.2) is 0 Å². The highest BCUT2D eigenvalue weighted by molar-refractivity contribution is 7.99. The van der Waals surface area contributed by atoms with Crippen molar-refractivity contribution in [2.24, 2.45) is 0 Å². The van der Waals surface area contributed by atoms with Gasteiger partial charge in [-0.2, -0.15) is 11.8 Å². The van der Waals surface area contributed by atoms with E-state index in [1.165, 1.54) is 11.5 Å². The molecule has 0 amide bonds. The molecule has 0 saturated carbocycles. The second-order valence-corrected chi connectivity index (χ2v) is 4.96. The molecule has 14 heavy (non-hydrogen) atoms. The fourth-order valence-electron chi connectivity index (χ4n) is 1.57. The summed E-state index contributed by atoms with van der Waals surface area (Å²) in [6, 6.07) is 0. The topological polar surface area (TPSA) is 30.5 Å². The maximum absolute atomic E-state index is 5.51. The Labute approximate surface area is 90.9 Å². The Bertz CT molecular complexity index is 149. The predicted octanol–water partition coefficient (Wildman–Crippen LogP) is 1.13. The summed E-state index contributed by atoms with van der Waals surface area (Å²) in [5, 5.41) is 3.43. The van der Waals surface area contributed by atoms with E-state index in [1.54, 1.807) is 7.11 Å². The van der Waals surface area contributed by atoms with Crippen LogP contribution in [0.4, 0.5) is 0 Å². The molecule has 0 aromatic carbocycles. The molecule has 1 rings (SSSR count). The first-order chi connectivity index (χ1) is 6.83. The number of ether oxygens (including phenoxy) is 2. The van der Waals surface area contributed by atoms with Gasteiger partial charge < -0.3 is 14.8 Å². The Morgan fingerprint density at radius 1 is 1.57 bits per heavy atom. The summed E-state index contributed by atoms with van der Waals surface area (Å²) in [6.45, 7) is 5.72. The molecule has 1 unspecified atom stereocenters. The van der Waals surface area contributed by atoms with E-state index in [-0.39, 0.29) is 5.60 Å². The molecule has 1 heterocycles. The second-order valence-electron chi connectivity index (χ2n) is 3.56. The fourth-order valence-corrected chi connectivity index (χ4v) is 2.14. The van der Waals surface area contributed by atoms with Gasteiger partial charge >= 0.3 is 0 Å². The second kappa shape index (κ2) is 6.67. The van der Waals surface area contributed by atoms with Crippen LogP contribution in [0.15, 0.2) is 0 Å². The van der Waals surface area contributed by atoms with Crippen LogP contribution in [0, 0.1) is 0 Å². The highest BCUT2D eigenvalue weighted by Gasteiger charge is 2.34. The van der Waals surface area contributed by atoms with Crippen molar-refractivity contribution in [3.63, 3.8) is 0 Å². The molecule has 0 bridgehead atoms. The summed E-state index contributed by atoms with van der Waals surface area (Å²) in [4.78, 5) is 0. The molecular formula is C10H21NO2S. The average Bonchev–Trinajstić information content (AvgIpc) is 2.67. The van der Waals surface area contributed by atoms with E-state index >= 15 is 0 Å². The monoisotopic (exact) mass is 219 g/mol. The fraction of sp³-hybridized carbons (Fsp3) is 1.00. The minimum Gasteiger partial charge on any atom is -0.378 e. The number of nitrogens with one attached hydrogen (secondary N) is 1. The van der Waals surface area contributed by atoms with Gasteiger partial charge in [-0.25, -0.2) is 0 Å². The Balaban J connectivity index is 2.08. The van der Waals surface area contributed by atoms with Crippen molar-refractivity contribution in [3.05, 3.63) is 0 Å². The van der Waals surface area contributed by atoms with Crippen molar-refractivity contribution in [1.82, 2.24) is 5.32 Å². The normalized spacial score (nSPS) is 27.0. The van der Waals surface area contributed by atoms with Crippen LogP contribution >= 0.6 is 11.8 Å². The first-order valence-corrected chi connectivity index (χ1v) is 6.40. The van der Waals surface area contributed by atoms with E-state index < -0.39 is 0 Å². The molecule has 0 aliphatic carbocycles. The summed E-state index contributed by atoms with van der Waals surface area (Å²) >= 11 is 1.96. The summed E-state index contributed by atoms with van der Waals surface area (Å²) in [5.41, 5.74) is -0.0586. The highest BCUT2D eigenvalue weighted by Crippen LogP contribution is 2.21. The lowest BCUT2D eigenvalue weighted by molar-refractivity contribution is -0.0153. The Hall–Kier alpha value is 0.230. The molecule has 3 nitrogen and oxygen atoms in total. The van der Waals surface area contributed by atoms with E-state index in [1.807, 2.05) is 11.8 Å². The molecule has 1 N–H and O–H groups in total. The van der Waals surface area contributed by atoms with Crippen molar-refractivity contribution in [2.75, 3.05) is 44.9 Å². The van der Waals surface area contributed by atoms with Crippen molar-refractivity contribution in [1.29, 1.82) is 0 Å². The Morgan fingerprint density at radius 2 is 2.43 bits per heavy atom. The molecule has 1 aliphatic heterocycles. The third-order valence-electron chi connectivity index (χ3n) is 2.57. The maximum Gasteiger partial charge on any atom is 0.106 e. The number of methoxy groups -OCH3 is 1. The first-order valence-electron chi connectivity index (χ1n) is 5.24. The minimum absolute atomic E-state index is 0.0586. The lowest BCUT2D eigenvalue weighted by Crippen LogP contribution is -2.43. The molecule has 0 spiro atoms. The molecule has 4 heteroatoms. The highest BCUT2D eigenvalue weighted by atomic mass is 32.2. The third kappa shape index (κ3) is 3.77. The van der Waals surface area contributed by atoms with Crippen LogP contribution in [0.5, 0.6) is 0 Å². The summed E-state index contributed by atoms with van der Waals surface area (Å²) in [7, 11) is 1.77. The summed E-state index contributed by atoms with van der Waals surface area (Å²) in [6.07, 6.45) is 1.01. The molecule has 1 fully saturated rings. The van der Waals surface area contributed by atoms with E-state index in [4.69, 9.17) is 9.47 Å². The Kier molecular flexibility index (Phi) is 5.86. The molecule has 84 valence electrons. The van der Waals surface area contributed by atoms with Crippen LogP contribution in [-0.4, -0.2) is 50.5 Å². The predicted molar refractivity (Wildman–Crippen MR) is 61.0 cm³/mol. The van der Waals surface area contributed by atoms with Gasteiger partial charge in [0.1, 0.15) is 5.60 Å². The van der Waals surface area contributed by atoms with Crippen molar-refractivity contribution >= 4 is 11.8 Å². The smallest absolute Gasteiger partial charge is 0.106 e. The van der Waals surface area contributed by atoms with Crippen LogP contribution in [-0.2, 0) is 9.47 Å². The van der Waals surface area contributed by atoms with Crippen LogP contribution in [0.1, 0.15) is 13.3 Å². The van der Waals surface area contributed by atoms with Gasteiger partial charge in [0.05, 0.1) is 6.61 Å². The number of hydrogen-bond donors (Lipinski definition) is 1.